The zero-order chi connectivity index (χ0) is 14.3. The molecule has 1 aromatic heterocycles. The molecular formula is C14H8ClF3N2. The first kappa shape index (κ1) is 13.0. The first-order valence-electron chi connectivity index (χ1n) is 5.77. The summed E-state index contributed by atoms with van der Waals surface area (Å²) in [6.45, 7) is 0. The van der Waals surface area contributed by atoms with E-state index in [2.05, 4.69) is 4.98 Å². The number of nitrogens with zero attached hydrogens (tertiary/aromatic N) is 2. The number of aromatic nitrogens is 2. The van der Waals surface area contributed by atoms with E-state index in [1.165, 1.54) is 18.2 Å². The molecule has 6 heteroatoms. The molecule has 0 bridgehead atoms. The molecule has 2 aromatic carbocycles. The van der Waals surface area contributed by atoms with E-state index in [1.807, 2.05) is 0 Å². The van der Waals surface area contributed by atoms with Crippen molar-refractivity contribution in [2.45, 2.75) is 6.18 Å². The topological polar surface area (TPSA) is 17.8 Å². The van der Waals surface area contributed by atoms with Crippen LogP contribution < -0.4 is 0 Å². The van der Waals surface area contributed by atoms with Crippen LogP contribution >= 0.6 is 11.6 Å². The van der Waals surface area contributed by atoms with E-state index in [-0.39, 0.29) is 5.52 Å². The first-order valence-corrected chi connectivity index (χ1v) is 6.15. The average Bonchev–Trinajstić information content (AvgIpc) is 2.78. The highest BCUT2D eigenvalue weighted by Gasteiger charge is 2.38. The maximum absolute atomic E-state index is 13.2. The van der Waals surface area contributed by atoms with Gasteiger partial charge >= 0.3 is 6.18 Å². The van der Waals surface area contributed by atoms with Gasteiger partial charge in [0.25, 0.3) is 0 Å². The van der Waals surface area contributed by atoms with Gasteiger partial charge in [0.05, 0.1) is 11.0 Å². The van der Waals surface area contributed by atoms with Crippen molar-refractivity contribution in [3.63, 3.8) is 0 Å². The van der Waals surface area contributed by atoms with E-state index >= 15 is 0 Å². The molecule has 0 N–H and O–H groups in total. The largest absolute Gasteiger partial charge is 0.450 e. The summed E-state index contributed by atoms with van der Waals surface area (Å²) in [5, 5.41) is 0.364. The lowest BCUT2D eigenvalue weighted by molar-refractivity contribution is -0.145. The van der Waals surface area contributed by atoms with Gasteiger partial charge in [0.2, 0.25) is 5.82 Å². The minimum atomic E-state index is -4.54. The van der Waals surface area contributed by atoms with E-state index in [4.69, 9.17) is 11.6 Å². The lowest BCUT2D eigenvalue weighted by Crippen LogP contribution is -2.13. The summed E-state index contributed by atoms with van der Waals surface area (Å²) in [4.78, 5) is 3.68. The van der Waals surface area contributed by atoms with Crippen LogP contribution in [-0.2, 0) is 6.18 Å². The number of imidazole rings is 1. The van der Waals surface area contributed by atoms with Gasteiger partial charge in [-0.05, 0) is 30.3 Å². The quantitative estimate of drug-likeness (QED) is 0.636. The molecule has 2 nitrogen and oxygen atoms in total. The molecule has 0 saturated heterocycles. The van der Waals surface area contributed by atoms with Crippen molar-refractivity contribution in [2.75, 3.05) is 0 Å². The number of fused-ring (bicyclic) bond motifs is 1. The molecule has 0 aliphatic rings. The molecule has 102 valence electrons. The maximum Gasteiger partial charge on any atom is 0.450 e. The standard InChI is InChI=1S/C14H8ClF3N2/c15-9-6-7-11-12(8-9)20(10-4-2-1-3-5-10)13(19-11)14(16,17)18/h1-8H. The lowest BCUT2D eigenvalue weighted by atomic mass is 10.3. The fourth-order valence-corrected chi connectivity index (χ4v) is 2.24. The van der Waals surface area contributed by atoms with Crippen LogP contribution in [0.15, 0.2) is 48.5 Å². The monoisotopic (exact) mass is 296 g/mol. The van der Waals surface area contributed by atoms with Crippen LogP contribution in [0.5, 0.6) is 0 Å². The van der Waals surface area contributed by atoms with Crippen molar-refractivity contribution in [3.8, 4) is 5.69 Å². The summed E-state index contributed by atoms with van der Waals surface area (Å²) in [6, 6.07) is 12.7. The van der Waals surface area contributed by atoms with E-state index in [0.29, 0.717) is 16.2 Å². The summed E-state index contributed by atoms with van der Waals surface area (Å²) in [5.41, 5.74) is 0.978. The van der Waals surface area contributed by atoms with Crippen molar-refractivity contribution in [1.29, 1.82) is 0 Å². The molecule has 0 aliphatic heterocycles. The fraction of sp³-hybridized carbons (Fsp3) is 0.0714. The van der Waals surface area contributed by atoms with Crippen molar-refractivity contribution in [2.24, 2.45) is 0 Å². The van der Waals surface area contributed by atoms with Crippen molar-refractivity contribution < 1.29 is 13.2 Å². The predicted molar refractivity (Wildman–Crippen MR) is 71.1 cm³/mol. The summed E-state index contributed by atoms with van der Waals surface area (Å²) in [6.07, 6.45) is -4.54. The molecular weight excluding hydrogens is 289 g/mol. The molecule has 0 atom stereocenters. The molecule has 0 saturated carbocycles. The molecule has 3 rings (SSSR count). The molecule has 0 spiro atoms. The van der Waals surface area contributed by atoms with Crippen LogP contribution in [0.1, 0.15) is 5.82 Å². The number of benzene rings is 2. The summed E-state index contributed by atoms with van der Waals surface area (Å²) < 4.78 is 40.5. The van der Waals surface area contributed by atoms with Gasteiger partial charge in [-0.1, -0.05) is 29.8 Å². The van der Waals surface area contributed by atoms with Crippen LogP contribution in [0.2, 0.25) is 5.02 Å². The van der Waals surface area contributed by atoms with Gasteiger partial charge in [-0.15, -0.1) is 0 Å². The average molecular weight is 297 g/mol. The van der Waals surface area contributed by atoms with Crippen LogP contribution in [-0.4, -0.2) is 9.55 Å². The van der Waals surface area contributed by atoms with Crippen LogP contribution in [0.25, 0.3) is 16.7 Å². The van der Waals surface area contributed by atoms with Gasteiger partial charge in [0.15, 0.2) is 0 Å². The van der Waals surface area contributed by atoms with Crippen LogP contribution in [0.3, 0.4) is 0 Å². The zero-order valence-corrected chi connectivity index (χ0v) is 10.8. The van der Waals surface area contributed by atoms with Gasteiger partial charge in [0.1, 0.15) is 0 Å². The van der Waals surface area contributed by atoms with E-state index in [1.54, 1.807) is 30.3 Å². The number of para-hydroxylation sites is 1. The van der Waals surface area contributed by atoms with Gasteiger partial charge in [-0.3, -0.25) is 4.57 Å². The summed E-state index contributed by atoms with van der Waals surface area (Å²) >= 11 is 5.88. The van der Waals surface area contributed by atoms with E-state index in [0.717, 1.165) is 4.57 Å². The SMILES string of the molecule is FC(F)(F)c1nc2ccc(Cl)cc2n1-c1ccccc1. The van der Waals surface area contributed by atoms with E-state index in [9.17, 15) is 13.2 Å². The Morgan fingerprint density at radius 2 is 1.70 bits per heavy atom. The first-order chi connectivity index (χ1) is 9.47. The molecule has 3 aromatic rings. The van der Waals surface area contributed by atoms with E-state index < -0.39 is 12.0 Å². The highest BCUT2D eigenvalue weighted by molar-refractivity contribution is 6.31. The second kappa shape index (κ2) is 4.52. The minimum Gasteiger partial charge on any atom is -0.289 e. The number of rotatable bonds is 1. The Morgan fingerprint density at radius 3 is 2.35 bits per heavy atom. The zero-order valence-electron chi connectivity index (χ0n) is 10.0. The highest BCUT2D eigenvalue weighted by Crippen LogP contribution is 2.34. The normalized spacial score (nSPS) is 12.0. The molecule has 0 unspecified atom stereocenters. The number of alkyl halides is 3. The lowest BCUT2D eigenvalue weighted by Gasteiger charge is -2.11. The van der Waals surface area contributed by atoms with Crippen molar-refractivity contribution in [3.05, 3.63) is 59.4 Å². The summed E-state index contributed by atoms with van der Waals surface area (Å²) in [5.74, 6) is -0.957. The van der Waals surface area contributed by atoms with Gasteiger partial charge in [-0.25, -0.2) is 4.98 Å². The number of halogens is 4. The van der Waals surface area contributed by atoms with Crippen LogP contribution in [0, 0.1) is 0 Å². The Balaban J connectivity index is 2.40. The Bertz CT molecular complexity index is 763. The molecule has 0 fully saturated rings. The third kappa shape index (κ3) is 2.14. The molecule has 1 heterocycles. The molecule has 0 amide bonds. The molecule has 0 radical (unpaired) electrons. The minimum absolute atomic E-state index is 0.255. The van der Waals surface area contributed by atoms with Crippen molar-refractivity contribution in [1.82, 2.24) is 9.55 Å². The molecule has 20 heavy (non-hydrogen) atoms. The summed E-state index contributed by atoms with van der Waals surface area (Å²) in [7, 11) is 0. The third-order valence-corrected chi connectivity index (χ3v) is 3.12. The Labute approximate surface area is 117 Å². The smallest absolute Gasteiger partial charge is 0.289 e. The fourth-order valence-electron chi connectivity index (χ4n) is 2.08. The van der Waals surface area contributed by atoms with Gasteiger partial charge in [-0.2, -0.15) is 13.2 Å². The third-order valence-electron chi connectivity index (χ3n) is 2.88. The predicted octanol–water partition coefficient (Wildman–Crippen LogP) is 4.70. The van der Waals surface area contributed by atoms with Gasteiger partial charge in [0, 0.05) is 10.7 Å². The van der Waals surface area contributed by atoms with Crippen molar-refractivity contribution >= 4 is 22.6 Å². The van der Waals surface area contributed by atoms with Crippen LogP contribution in [0.4, 0.5) is 13.2 Å². The maximum atomic E-state index is 13.2. The Kier molecular flexibility index (Phi) is 2.94. The second-order valence-electron chi connectivity index (χ2n) is 4.24. The second-order valence-corrected chi connectivity index (χ2v) is 4.67. The Morgan fingerprint density at radius 1 is 1.00 bits per heavy atom. The number of hydrogen-bond donors (Lipinski definition) is 0. The highest BCUT2D eigenvalue weighted by atomic mass is 35.5. The number of hydrogen-bond acceptors (Lipinski definition) is 1. The Hall–Kier alpha value is -2.01. The molecule has 0 aliphatic carbocycles. The van der Waals surface area contributed by atoms with Gasteiger partial charge < -0.3 is 0 Å².